The van der Waals surface area contributed by atoms with Gasteiger partial charge in [-0.05, 0) is 50.4 Å². The fraction of sp³-hybridized carbons (Fsp3) is 0.867. The first-order chi connectivity index (χ1) is 9.48. The van der Waals surface area contributed by atoms with E-state index in [4.69, 9.17) is 11.6 Å². The van der Waals surface area contributed by atoms with E-state index in [1.807, 2.05) is 0 Å². The van der Waals surface area contributed by atoms with Crippen molar-refractivity contribution in [3.05, 3.63) is 0 Å². The lowest BCUT2D eigenvalue weighted by molar-refractivity contribution is -0.158. The van der Waals surface area contributed by atoms with Crippen LogP contribution in [-0.2, 0) is 9.59 Å². The molecule has 0 unspecified atom stereocenters. The minimum Gasteiger partial charge on any atom is -0.353 e. The van der Waals surface area contributed by atoms with Crippen LogP contribution in [0.4, 0.5) is 0 Å². The van der Waals surface area contributed by atoms with Crippen molar-refractivity contribution < 1.29 is 9.59 Å². The second-order valence-corrected chi connectivity index (χ2v) is 8.27. The largest absolute Gasteiger partial charge is 0.353 e. The summed E-state index contributed by atoms with van der Waals surface area (Å²) in [5, 5.41) is 2.79. The molecule has 5 fully saturated rings. The van der Waals surface area contributed by atoms with Crippen LogP contribution >= 0.6 is 11.6 Å². The molecule has 4 bridgehead atoms. The summed E-state index contributed by atoms with van der Waals surface area (Å²) >= 11 is 6.78. The first kappa shape index (κ1) is 12.9. The second-order valence-electron chi connectivity index (χ2n) is 7.47. The van der Waals surface area contributed by atoms with Crippen molar-refractivity contribution in [1.29, 1.82) is 0 Å². The number of amides is 2. The van der Waals surface area contributed by atoms with Gasteiger partial charge >= 0.3 is 0 Å². The molecular formula is C15H21ClN2O2. The van der Waals surface area contributed by atoms with Crippen LogP contribution in [0.2, 0.25) is 0 Å². The van der Waals surface area contributed by atoms with E-state index in [2.05, 4.69) is 5.32 Å². The summed E-state index contributed by atoms with van der Waals surface area (Å²) in [4.78, 5) is 26.2. The van der Waals surface area contributed by atoms with Crippen molar-refractivity contribution in [1.82, 2.24) is 10.2 Å². The van der Waals surface area contributed by atoms with Gasteiger partial charge in [0.15, 0.2) is 0 Å². The highest BCUT2D eigenvalue weighted by Gasteiger charge is 2.60. The maximum absolute atomic E-state index is 13.0. The maximum Gasteiger partial charge on any atom is 0.239 e. The number of halogens is 1. The second kappa shape index (κ2) is 4.12. The van der Waals surface area contributed by atoms with E-state index in [0.29, 0.717) is 24.9 Å². The Morgan fingerprint density at radius 2 is 1.95 bits per heavy atom. The first-order valence-electron chi connectivity index (χ1n) is 7.73. The fourth-order valence-electron chi connectivity index (χ4n) is 5.55. The SMILES string of the molecule is O=C1CN(C(=O)C23C[C@H]4C[C@@H](CC(Cl)(C4)C2)C3)CCN1. The number of nitrogens with zero attached hydrogens (tertiary/aromatic N) is 1. The molecule has 2 amide bonds. The lowest BCUT2D eigenvalue weighted by Crippen LogP contribution is -2.61. The Kier molecular flexibility index (Phi) is 2.67. The van der Waals surface area contributed by atoms with Crippen molar-refractivity contribution >= 4 is 23.4 Å². The fourth-order valence-corrected chi connectivity index (χ4v) is 6.24. The van der Waals surface area contributed by atoms with Crippen molar-refractivity contribution in [2.75, 3.05) is 19.6 Å². The minimum atomic E-state index is -0.260. The molecule has 5 rings (SSSR count). The van der Waals surface area contributed by atoms with Crippen LogP contribution in [-0.4, -0.2) is 41.2 Å². The van der Waals surface area contributed by atoms with E-state index in [0.717, 1.165) is 32.1 Å². The summed E-state index contributed by atoms with van der Waals surface area (Å²) < 4.78 is 0. The molecule has 1 saturated heterocycles. The number of nitrogens with one attached hydrogen (secondary N) is 1. The van der Waals surface area contributed by atoms with Crippen LogP contribution in [0.15, 0.2) is 0 Å². The molecule has 0 aromatic heterocycles. The smallest absolute Gasteiger partial charge is 0.239 e. The number of hydrogen-bond donors (Lipinski definition) is 1. The summed E-state index contributed by atoms with van der Waals surface area (Å²) in [6, 6.07) is 0. The third kappa shape index (κ3) is 1.87. The normalized spacial score (nSPS) is 46.5. The maximum atomic E-state index is 13.0. The highest BCUT2D eigenvalue weighted by Crippen LogP contribution is 2.64. The van der Waals surface area contributed by atoms with Gasteiger partial charge in [-0.25, -0.2) is 0 Å². The van der Waals surface area contributed by atoms with E-state index in [1.165, 1.54) is 6.42 Å². The van der Waals surface area contributed by atoms with Crippen LogP contribution in [0.25, 0.3) is 0 Å². The van der Waals surface area contributed by atoms with Gasteiger partial charge in [-0.15, -0.1) is 11.6 Å². The highest BCUT2D eigenvalue weighted by molar-refractivity contribution is 6.24. The Hall–Kier alpha value is -0.770. The summed E-state index contributed by atoms with van der Waals surface area (Å²) in [7, 11) is 0. The lowest BCUT2D eigenvalue weighted by Gasteiger charge is -2.59. The Bertz CT molecular complexity index is 464. The van der Waals surface area contributed by atoms with Gasteiger partial charge in [0.1, 0.15) is 0 Å². The number of hydrogen-bond acceptors (Lipinski definition) is 2. The molecule has 0 aromatic rings. The molecule has 4 aliphatic carbocycles. The van der Waals surface area contributed by atoms with E-state index >= 15 is 0 Å². The van der Waals surface area contributed by atoms with Crippen molar-refractivity contribution in [3.8, 4) is 0 Å². The van der Waals surface area contributed by atoms with Gasteiger partial charge < -0.3 is 10.2 Å². The number of carbonyl (C=O) groups excluding carboxylic acids is 2. The number of alkyl halides is 1. The third-order valence-corrected chi connectivity index (χ3v) is 6.21. The number of carbonyl (C=O) groups is 2. The average Bonchev–Trinajstić information content (AvgIpc) is 2.35. The predicted molar refractivity (Wildman–Crippen MR) is 75.3 cm³/mol. The van der Waals surface area contributed by atoms with Gasteiger partial charge in [0, 0.05) is 18.0 Å². The zero-order valence-corrected chi connectivity index (χ0v) is 12.4. The third-order valence-electron chi connectivity index (χ3n) is 5.77. The average molecular weight is 297 g/mol. The topological polar surface area (TPSA) is 49.4 Å². The van der Waals surface area contributed by atoms with Gasteiger partial charge in [-0.2, -0.15) is 0 Å². The molecule has 1 N–H and O–H groups in total. The molecule has 4 nitrogen and oxygen atoms in total. The van der Waals surface area contributed by atoms with E-state index in [9.17, 15) is 9.59 Å². The van der Waals surface area contributed by atoms with Gasteiger partial charge in [0.05, 0.1) is 12.0 Å². The molecule has 5 heteroatoms. The van der Waals surface area contributed by atoms with Gasteiger partial charge in [0.25, 0.3) is 0 Å². The standard InChI is InChI=1S/C15H21ClN2O2/c16-15-6-10-3-11(7-15)5-14(4-10,9-15)13(20)18-2-1-17-12(19)8-18/h10-11H,1-9H2,(H,17,19)/t10-,11-,14?,15?/m1/s1. The van der Waals surface area contributed by atoms with Crippen molar-refractivity contribution in [2.24, 2.45) is 17.3 Å². The summed E-state index contributed by atoms with van der Waals surface area (Å²) in [5.74, 6) is 1.41. The predicted octanol–water partition coefficient (Wildman–Crippen LogP) is 1.52. The molecule has 2 atom stereocenters. The van der Waals surface area contributed by atoms with Crippen LogP contribution in [0.3, 0.4) is 0 Å². The lowest BCUT2D eigenvalue weighted by atomic mass is 9.49. The monoisotopic (exact) mass is 296 g/mol. The van der Waals surface area contributed by atoms with Gasteiger partial charge in [0.2, 0.25) is 11.8 Å². The molecule has 0 spiro atoms. The van der Waals surface area contributed by atoms with Gasteiger partial charge in [-0.1, -0.05) is 0 Å². The van der Waals surface area contributed by atoms with E-state index in [1.54, 1.807) is 4.90 Å². The quantitative estimate of drug-likeness (QED) is 0.746. The molecule has 5 aliphatic rings. The first-order valence-corrected chi connectivity index (χ1v) is 8.11. The zero-order chi connectivity index (χ0) is 14.0. The minimum absolute atomic E-state index is 0.0325. The Balaban J connectivity index is 1.60. The van der Waals surface area contributed by atoms with E-state index < -0.39 is 0 Å². The molecule has 0 aromatic carbocycles. The summed E-state index contributed by atoms with van der Waals surface area (Å²) in [5.41, 5.74) is -0.260. The Labute approximate surface area is 124 Å². The molecule has 4 saturated carbocycles. The van der Waals surface area contributed by atoms with Crippen LogP contribution in [0.5, 0.6) is 0 Å². The Morgan fingerprint density at radius 3 is 2.55 bits per heavy atom. The summed E-state index contributed by atoms with van der Waals surface area (Å²) in [6.07, 6.45) is 6.24. The van der Waals surface area contributed by atoms with Crippen molar-refractivity contribution in [2.45, 2.75) is 43.4 Å². The zero-order valence-electron chi connectivity index (χ0n) is 11.7. The number of piperazine rings is 1. The number of rotatable bonds is 1. The molecular weight excluding hydrogens is 276 g/mol. The Morgan fingerprint density at radius 1 is 1.25 bits per heavy atom. The molecule has 110 valence electrons. The van der Waals surface area contributed by atoms with Gasteiger partial charge in [-0.3, -0.25) is 9.59 Å². The van der Waals surface area contributed by atoms with Crippen LogP contribution < -0.4 is 5.32 Å². The van der Waals surface area contributed by atoms with Crippen LogP contribution in [0.1, 0.15) is 38.5 Å². The molecule has 20 heavy (non-hydrogen) atoms. The molecule has 0 radical (unpaired) electrons. The summed E-state index contributed by atoms with van der Waals surface area (Å²) in [6.45, 7) is 1.46. The molecule has 1 heterocycles. The van der Waals surface area contributed by atoms with E-state index in [-0.39, 0.29) is 28.6 Å². The highest BCUT2D eigenvalue weighted by atomic mass is 35.5. The van der Waals surface area contributed by atoms with Crippen molar-refractivity contribution in [3.63, 3.8) is 0 Å². The molecule has 1 aliphatic heterocycles. The van der Waals surface area contributed by atoms with Crippen LogP contribution in [0, 0.1) is 17.3 Å².